The lowest BCUT2D eigenvalue weighted by Gasteiger charge is -2.32. The highest BCUT2D eigenvalue weighted by molar-refractivity contribution is 5.93. The normalized spacial score (nSPS) is 22.4. The first kappa shape index (κ1) is 10.3. The van der Waals surface area contributed by atoms with Crippen LogP contribution in [0.1, 0.15) is 33.1 Å². The fourth-order valence-corrected chi connectivity index (χ4v) is 1.84. The van der Waals surface area contributed by atoms with Gasteiger partial charge < -0.3 is 4.90 Å². The van der Waals surface area contributed by atoms with Crippen molar-refractivity contribution in [1.82, 2.24) is 4.90 Å². The lowest BCUT2D eigenvalue weighted by Crippen LogP contribution is -2.39. The first-order valence-corrected chi connectivity index (χ1v) is 5.19. The Morgan fingerprint density at radius 1 is 1.62 bits per heavy atom. The number of rotatable bonds is 3. The Balaban J connectivity index is 2.62. The standard InChI is InChI=1S/C11H20N2/c1-4-7-10(2)13-9-6-5-8-11(13)12-3/h5,8,10H,4,6-7,9H2,1-3H3/b12-11-. The molecule has 0 aromatic rings. The molecule has 1 rings (SSSR count). The van der Waals surface area contributed by atoms with E-state index in [4.69, 9.17) is 0 Å². The summed E-state index contributed by atoms with van der Waals surface area (Å²) in [6.07, 6.45) is 8.01. The summed E-state index contributed by atoms with van der Waals surface area (Å²) >= 11 is 0. The summed E-state index contributed by atoms with van der Waals surface area (Å²) in [5.74, 6) is 1.15. The zero-order chi connectivity index (χ0) is 9.68. The third-order valence-corrected chi connectivity index (χ3v) is 2.57. The van der Waals surface area contributed by atoms with Crippen LogP contribution < -0.4 is 0 Å². The second kappa shape index (κ2) is 5.05. The average Bonchev–Trinajstić information content (AvgIpc) is 2.18. The highest BCUT2D eigenvalue weighted by Crippen LogP contribution is 2.12. The van der Waals surface area contributed by atoms with Gasteiger partial charge in [-0.15, -0.1) is 0 Å². The van der Waals surface area contributed by atoms with Gasteiger partial charge in [0.15, 0.2) is 0 Å². The molecule has 0 aromatic carbocycles. The molecular formula is C11H20N2. The summed E-state index contributed by atoms with van der Waals surface area (Å²) in [7, 11) is 1.87. The highest BCUT2D eigenvalue weighted by atomic mass is 15.2. The molecule has 74 valence electrons. The van der Waals surface area contributed by atoms with Gasteiger partial charge in [-0.2, -0.15) is 0 Å². The summed E-state index contributed by atoms with van der Waals surface area (Å²) in [6.45, 7) is 5.65. The van der Waals surface area contributed by atoms with Gasteiger partial charge >= 0.3 is 0 Å². The van der Waals surface area contributed by atoms with E-state index in [2.05, 4.69) is 35.9 Å². The van der Waals surface area contributed by atoms with Gasteiger partial charge in [0.05, 0.1) is 0 Å². The molecule has 0 N–H and O–H groups in total. The minimum absolute atomic E-state index is 0.633. The molecule has 0 radical (unpaired) electrons. The molecule has 0 saturated carbocycles. The van der Waals surface area contributed by atoms with Gasteiger partial charge in [0.1, 0.15) is 5.84 Å². The van der Waals surface area contributed by atoms with Crippen LogP contribution in [-0.2, 0) is 0 Å². The van der Waals surface area contributed by atoms with Gasteiger partial charge in [-0.1, -0.05) is 19.4 Å². The third-order valence-electron chi connectivity index (χ3n) is 2.57. The van der Waals surface area contributed by atoms with Crippen LogP contribution in [0.2, 0.25) is 0 Å². The van der Waals surface area contributed by atoms with E-state index < -0.39 is 0 Å². The average molecular weight is 180 g/mol. The molecule has 1 atom stereocenters. The summed E-state index contributed by atoms with van der Waals surface area (Å²) in [4.78, 5) is 6.69. The molecule has 0 saturated heterocycles. The maximum atomic E-state index is 4.29. The van der Waals surface area contributed by atoms with E-state index in [0.29, 0.717) is 6.04 Å². The monoisotopic (exact) mass is 180 g/mol. The topological polar surface area (TPSA) is 15.6 Å². The molecule has 1 unspecified atom stereocenters. The molecule has 0 aliphatic carbocycles. The fourth-order valence-electron chi connectivity index (χ4n) is 1.84. The molecule has 1 aliphatic rings. The first-order valence-electron chi connectivity index (χ1n) is 5.19. The second-order valence-corrected chi connectivity index (χ2v) is 3.60. The maximum Gasteiger partial charge on any atom is 0.123 e. The van der Waals surface area contributed by atoms with Crippen molar-refractivity contribution in [1.29, 1.82) is 0 Å². The van der Waals surface area contributed by atoms with Crippen molar-refractivity contribution in [2.75, 3.05) is 13.6 Å². The van der Waals surface area contributed by atoms with Crippen molar-refractivity contribution in [2.24, 2.45) is 4.99 Å². The number of hydrogen-bond acceptors (Lipinski definition) is 1. The minimum Gasteiger partial charge on any atom is -0.354 e. The Morgan fingerprint density at radius 2 is 2.38 bits per heavy atom. The number of aliphatic imine (C=N–C) groups is 1. The maximum absolute atomic E-state index is 4.29. The quantitative estimate of drug-likeness (QED) is 0.651. The third kappa shape index (κ3) is 2.58. The molecule has 1 aliphatic heterocycles. The van der Waals surface area contributed by atoms with Crippen LogP contribution in [0, 0.1) is 0 Å². The zero-order valence-electron chi connectivity index (χ0n) is 8.95. The van der Waals surface area contributed by atoms with Crippen molar-refractivity contribution in [3.8, 4) is 0 Å². The Morgan fingerprint density at radius 3 is 3.00 bits per heavy atom. The van der Waals surface area contributed by atoms with Gasteiger partial charge in [0.2, 0.25) is 0 Å². The van der Waals surface area contributed by atoms with Gasteiger partial charge in [0.25, 0.3) is 0 Å². The highest BCUT2D eigenvalue weighted by Gasteiger charge is 2.16. The van der Waals surface area contributed by atoms with Crippen LogP contribution in [0.3, 0.4) is 0 Å². The summed E-state index contributed by atoms with van der Waals surface area (Å²) in [5.41, 5.74) is 0. The summed E-state index contributed by atoms with van der Waals surface area (Å²) in [5, 5.41) is 0. The molecule has 0 amide bonds. The van der Waals surface area contributed by atoms with Crippen LogP contribution in [0.25, 0.3) is 0 Å². The van der Waals surface area contributed by atoms with Crippen molar-refractivity contribution in [2.45, 2.75) is 39.2 Å². The van der Waals surface area contributed by atoms with Crippen LogP contribution in [0.15, 0.2) is 17.1 Å². The van der Waals surface area contributed by atoms with Gasteiger partial charge in [-0.05, 0) is 25.8 Å². The van der Waals surface area contributed by atoms with Crippen LogP contribution in [0.4, 0.5) is 0 Å². The number of nitrogens with zero attached hydrogens (tertiary/aromatic N) is 2. The van der Waals surface area contributed by atoms with E-state index in [1.807, 2.05) is 7.05 Å². The lowest BCUT2D eigenvalue weighted by atomic mass is 10.1. The molecular weight excluding hydrogens is 160 g/mol. The zero-order valence-corrected chi connectivity index (χ0v) is 8.95. The minimum atomic E-state index is 0.633. The van der Waals surface area contributed by atoms with E-state index in [-0.39, 0.29) is 0 Å². The summed E-state index contributed by atoms with van der Waals surface area (Å²) < 4.78 is 0. The Kier molecular flexibility index (Phi) is 4.00. The second-order valence-electron chi connectivity index (χ2n) is 3.60. The Labute approximate surface area is 81.3 Å². The predicted octanol–water partition coefficient (Wildman–Crippen LogP) is 2.47. The van der Waals surface area contributed by atoms with Crippen molar-refractivity contribution >= 4 is 5.84 Å². The Hall–Kier alpha value is -0.790. The molecule has 1 heterocycles. The van der Waals surface area contributed by atoms with E-state index >= 15 is 0 Å². The van der Waals surface area contributed by atoms with E-state index in [0.717, 1.165) is 18.8 Å². The van der Waals surface area contributed by atoms with E-state index in [1.54, 1.807) is 0 Å². The van der Waals surface area contributed by atoms with Gasteiger partial charge in [0, 0.05) is 19.6 Å². The van der Waals surface area contributed by atoms with Gasteiger partial charge in [-0.25, -0.2) is 0 Å². The molecule has 0 fully saturated rings. The van der Waals surface area contributed by atoms with Crippen LogP contribution in [0.5, 0.6) is 0 Å². The van der Waals surface area contributed by atoms with Crippen molar-refractivity contribution < 1.29 is 0 Å². The van der Waals surface area contributed by atoms with Gasteiger partial charge in [-0.3, -0.25) is 4.99 Å². The van der Waals surface area contributed by atoms with E-state index in [9.17, 15) is 0 Å². The first-order chi connectivity index (χ1) is 6.29. The molecule has 2 nitrogen and oxygen atoms in total. The molecule has 2 heteroatoms. The Bertz CT molecular complexity index is 206. The molecule has 0 bridgehead atoms. The lowest BCUT2D eigenvalue weighted by molar-refractivity contribution is 0.314. The van der Waals surface area contributed by atoms with Crippen molar-refractivity contribution in [3.63, 3.8) is 0 Å². The van der Waals surface area contributed by atoms with Crippen LogP contribution in [-0.4, -0.2) is 30.4 Å². The summed E-state index contributed by atoms with van der Waals surface area (Å²) in [6, 6.07) is 0.633. The predicted molar refractivity (Wildman–Crippen MR) is 58.2 cm³/mol. The molecule has 0 aromatic heterocycles. The van der Waals surface area contributed by atoms with Crippen molar-refractivity contribution in [3.05, 3.63) is 12.2 Å². The fraction of sp³-hybridized carbons (Fsp3) is 0.727. The molecule has 0 spiro atoms. The smallest absolute Gasteiger partial charge is 0.123 e. The number of hydrogen-bond donors (Lipinski definition) is 0. The van der Waals surface area contributed by atoms with E-state index in [1.165, 1.54) is 12.8 Å². The SMILES string of the molecule is CCCC(C)N1CCC=C/C1=N/C. The van der Waals surface area contributed by atoms with Crippen LogP contribution >= 0.6 is 0 Å². The molecule has 13 heavy (non-hydrogen) atoms. The largest absolute Gasteiger partial charge is 0.354 e. The number of amidine groups is 1.